The van der Waals surface area contributed by atoms with Crippen molar-refractivity contribution in [2.45, 2.75) is 32.6 Å². The highest BCUT2D eigenvalue weighted by Crippen LogP contribution is 2.06. The van der Waals surface area contributed by atoms with Crippen LogP contribution in [-0.2, 0) is 0 Å². The highest BCUT2D eigenvalue weighted by atomic mass is 14.6. The lowest BCUT2D eigenvalue weighted by atomic mass is 10.1. The largest absolute Gasteiger partial charge is 0.398 e. The van der Waals surface area contributed by atoms with Crippen LogP contribution < -0.4 is 5.73 Å². The lowest BCUT2D eigenvalue weighted by Gasteiger charge is -1.97. The van der Waals surface area contributed by atoms with Crippen LogP contribution in [0.4, 0.5) is 0 Å². The minimum atomic E-state index is 0.677. The maximum atomic E-state index is 5.89. The van der Waals surface area contributed by atoms with E-state index >= 15 is 0 Å². The van der Waals surface area contributed by atoms with Gasteiger partial charge in [-0.25, -0.2) is 0 Å². The Morgan fingerprint density at radius 3 is 2.67 bits per heavy atom. The molecule has 1 aromatic rings. The average Bonchev–Trinajstić information content (AvgIpc) is 2.42. The molecule has 1 rings (SSSR count). The highest BCUT2D eigenvalue weighted by molar-refractivity contribution is 5.65. The molecule has 0 aliphatic rings. The van der Waals surface area contributed by atoms with Gasteiger partial charge in [0.2, 0.25) is 0 Å². The smallest absolute Gasteiger partial charge is 0.0472 e. The van der Waals surface area contributed by atoms with Crippen LogP contribution in [0.5, 0.6) is 0 Å². The van der Waals surface area contributed by atoms with E-state index in [2.05, 4.69) is 30.6 Å². The summed E-state index contributed by atoms with van der Waals surface area (Å²) in [7, 11) is 0. The Morgan fingerprint density at radius 2 is 1.94 bits per heavy atom. The summed E-state index contributed by atoms with van der Waals surface area (Å²) in [5.74, 6) is 11.5. The van der Waals surface area contributed by atoms with Gasteiger partial charge in [0, 0.05) is 18.2 Å². The summed E-state index contributed by atoms with van der Waals surface area (Å²) in [6, 6.07) is 9.80. The Hall–Kier alpha value is -2.12. The molecule has 0 heterocycles. The fourth-order valence-electron chi connectivity index (χ4n) is 1.43. The van der Waals surface area contributed by atoms with Gasteiger partial charge in [0.1, 0.15) is 0 Å². The average molecular weight is 237 g/mol. The molecule has 0 amide bonds. The molecule has 0 unspecified atom stereocenters. The van der Waals surface area contributed by atoms with Crippen molar-refractivity contribution in [3.05, 3.63) is 42.0 Å². The Kier molecular flexibility index (Phi) is 6.95. The molecule has 2 N–H and O–H groups in total. The summed E-state index contributed by atoms with van der Waals surface area (Å²) in [5, 5.41) is 0. The summed E-state index contributed by atoms with van der Waals surface area (Å²) < 4.78 is 0. The molecule has 0 aliphatic carbocycles. The standard InChI is InChI=1S/C17H19N/c1-2-3-4-5-6-7-8-12-15-17(18)16-13-10-9-11-14-16/h9-11,13-15H,2-5,18H2,1H3. The molecule has 0 aliphatic heterocycles. The Balaban J connectivity index is 2.44. The van der Waals surface area contributed by atoms with E-state index in [1.54, 1.807) is 6.08 Å². The van der Waals surface area contributed by atoms with Crippen LogP contribution in [0.15, 0.2) is 36.4 Å². The van der Waals surface area contributed by atoms with Crippen molar-refractivity contribution in [3.63, 3.8) is 0 Å². The minimum Gasteiger partial charge on any atom is -0.398 e. The monoisotopic (exact) mass is 237 g/mol. The number of hydrogen-bond acceptors (Lipinski definition) is 1. The predicted octanol–water partition coefficient (Wildman–Crippen LogP) is 3.57. The molecule has 92 valence electrons. The lowest BCUT2D eigenvalue weighted by molar-refractivity contribution is 0.737. The second-order valence-corrected chi connectivity index (χ2v) is 3.99. The van der Waals surface area contributed by atoms with Crippen LogP contribution in [-0.4, -0.2) is 0 Å². The van der Waals surface area contributed by atoms with E-state index in [9.17, 15) is 0 Å². The van der Waals surface area contributed by atoms with Gasteiger partial charge < -0.3 is 5.73 Å². The molecule has 0 bridgehead atoms. The van der Waals surface area contributed by atoms with E-state index in [0.29, 0.717) is 5.70 Å². The Bertz CT molecular complexity index is 489. The van der Waals surface area contributed by atoms with Gasteiger partial charge in [0.05, 0.1) is 0 Å². The van der Waals surface area contributed by atoms with Gasteiger partial charge in [0.15, 0.2) is 0 Å². The van der Waals surface area contributed by atoms with Gasteiger partial charge in [-0.1, -0.05) is 61.9 Å². The predicted molar refractivity (Wildman–Crippen MR) is 78.3 cm³/mol. The van der Waals surface area contributed by atoms with E-state index < -0.39 is 0 Å². The van der Waals surface area contributed by atoms with Gasteiger partial charge in [-0.15, -0.1) is 0 Å². The Morgan fingerprint density at radius 1 is 1.17 bits per heavy atom. The normalized spacial score (nSPS) is 9.94. The van der Waals surface area contributed by atoms with E-state index in [4.69, 9.17) is 5.73 Å². The molecule has 1 aromatic carbocycles. The summed E-state index contributed by atoms with van der Waals surface area (Å²) in [4.78, 5) is 0. The molecule has 0 fully saturated rings. The first-order valence-corrected chi connectivity index (χ1v) is 6.34. The Labute approximate surface area is 110 Å². The van der Waals surface area contributed by atoms with Gasteiger partial charge in [0.25, 0.3) is 0 Å². The molecule has 0 saturated heterocycles. The third-order valence-corrected chi connectivity index (χ3v) is 2.46. The number of benzene rings is 1. The van der Waals surface area contributed by atoms with Gasteiger partial charge in [-0.3, -0.25) is 0 Å². The van der Waals surface area contributed by atoms with Crippen LogP contribution >= 0.6 is 0 Å². The van der Waals surface area contributed by atoms with Crippen molar-refractivity contribution in [2.75, 3.05) is 0 Å². The lowest BCUT2D eigenvalue weighted by Crippen LogP contribution is -1.94. The second kappa shape index (κ2) is 8.97. The molecule has 0 atom stereocenters. The van der Waals surface area contributed by atoms with E-state index in [1.807, 2.05) is 30.3 Å². The topological polar surface area (TPSA) is 26.0 Å². The van der Waals surface area contributed by atoms with Crippen molar-refractivity contribution < 1.29 is 0 Å². The van der Waals surface area contributed by atoms with Crippen molar-refractivity contribution in [1.82, 2.24) is 0 Å². The number of hydrogen-bond donors (Lipinski definition) is 1. The van der Waals surface area contributed by atoms with Gasteiger partial charge >= 0.3 is 0 Å². The third-order valence-electron chi connectivity index (χ3n) is 2.46. The molecule has 18 heavy (non-hydrogen) atoms. The number of unbranched alkanes of at least 4 members (excludes halogenated alkanes) is 3. The fourth-order valence-corrected chi connectivity index (χ4v) is 1.43. The molecule has 1 heteroatoms. The summed E-state index contributed by atoms with van der Waals surface area (Å²) in [5.41, 5.74) is 7.55. The fraction of sp³-hybridized carbons (Fsp3) is 0.294. The maximum absolute atomic E-state index is 5.89. The molecule has 0 radical (unpaired) electrons. The number of rotatable bonds is 4. The molecule has 0 spiro atoms. The van der Waals surface area contributed by atoms with Gasteiger partial charge in [-0.2, -0.15) is 0 Å². The first kappa shape index (κ1) is 13.9. The molecular weight excluding hydrogens is 218 g/mol. The molecular formula is C17H19N. The number of nitrogens with two attached hydrogens (primary N) is 1. The van der Waals surface area contributed by atoms with Gasteiger partial charge in [-0.05, 0) is 23.8 Å². The van der Waals surface area contributed by atoms with Crippen LogP contribution in [0.25, 0.3) is 5.70 Å². The highest BCUT2D eigenvalue weighted by Gasteiger charge is 1.91. The van der Waals surface area contributed by atoms with Crippen molar-refractivity contribution in [1.29, 1.82) is 0 Å². The van der Waals surface area contributed by atoms with Crippen molar-refractivity contribution >= 4 is 5.70 Å². The molecule has 1 nitrogen and oxygen atoms in total. The van der Waals surface area contributed by atoms with E-state index in [1.165, 1.54) is 12.8 Å². The second-order valence-electron chi connectivity index (χ2n) is 3.99. The zero-order valence-corrected chi connectivity index (χ0v) is 10.9. The van der Waals surface area contributed by atoms with E-state index in [-0.39, 0.29) is 0 Å². The van der Waals surface area contributed by atoms with Crippen molar-refractivity contribution in [2.24, 2.45) is 5.73 Å². The quantitative estimate of drug-likeness (QED) is 0.628. The van der Waals surface area contributed by atoms with Crippen LogP contribution in [0.2, 0.25) is 0 Å². The zero-order chi connectivity index (χ0) is 13.1. The van der Waals surface area contributed by atoms with E-state index in [0.717, 1.165) is 18.4 Å². The van der Waals surface area contributed by atoms with Crippen LogP contribution in [0.1, 0.15) is 38.2 Å². The minimum absolute atomic E-state index is 0.677. The third kappa shape index (κ3) is 5.83. The molecule has 0 saturated carbocycles. The zero-order valence-electron chi connectivity index (χ0n) is 10.9. The number of allylic oxidation sites excluding steroid dienone is 1. The summed E-state index contributed by atoms with van der Waals surface area (Å²) in [6.07, 6.45) is 6.26. The first-order chi connectivity index (χ1) is 8.84. The first-order valence-electron chi connectivity index (χ1n) is 6.34. The SMILES string of the molecule is CCCCCC#CC#CC=C(N)c1ccccc1. The van der Waals surface area contributed by atoms with Crippen LogP contribution in [0.3, 0.4) is 0 Å². The van der Waals surface area contributed by atoms with Crippen molar-refractivity contribution in [3.8, 4) is 23.7 Å². The molecule has 0 aromatic heterocycles. The summed E-state index contributed by atoms with van der Waals surface area (Å²) >= 11 is 0. The van der Waals surface area contributed by atoms with Crippen LogP contribution in [0, 0.1) is 23.7 Å². The maximum Gasteiger partial charge on any atom is 0.0472 e. The summed E-state index contributed by atoms with van der Waals surface area (Å²) in [6.45, 7) is 2.18.